The second-order valence-corrected chi connectivity index (χ2v) is 4.41. The third-order valence-corrected chi connectivity index (χ3v) is 3.22. The number of hydrogen-bond acceptors (Lipinski definition) is 6. The van der Waals surface area contributed by atoms with Gasteiger partial charge >= 0.3 is 0 Å². The Balaban J connectivity index is 1.92. The highest BCUT2D eigenvalue weighted by atomic mass is 35.5. The van der Waals surface area contributed by atoms with Gasteiger partial charge < -0.3 is 19.3 Å². The Kier molecular flexibility index (Phi) is 5.20. The van der Waals surface area contributed by atoms with Crippen molar-refractivity contribution in [1.82, 2.24) is 15.5 Å². The minimum absolute atomic E-state index is 0.547. The summed E-state index contributed by atoms with van der Waals surface area (Å²) in [6.07, 6.45) is 2.06. The van der Waals surface area contributed by atoms with E-state index in [2.05, 4.69) is 15.5 Å². The van der Waals surface area contributed by atoms with E-state index in [0.717, 1.165) is 5.56 Å². The Bertz CT molecular complexity index is 546. The van der Waals surface area contributed by atoms with Gasteiger partial charge in [0, 0.05) is 19.5 Å². The van der Waals surface area contributed by atoms with Crippen LogP contribution >= 0.6 is 11.6 Å². The minimum atomic E-state index is 0.547. The average molecular weight is 298 g/mol. The van der Waals surface area contributed by atoms with Gasteiger partial charge in [-0.05, 0) is 11.6 Å². The van der Waals surface area contributed by atoms with Crippen molar-refractivity contribution in [2.75, 3.05) is 20.8 Å². The highest BCUT2D eigenvalue weighted by Gasteiger charge is 2.12. The van der Waals surface area contributed by atoms with Gasteiger partial charge in [0.25, 0.3) is 0 Å². The van der Waals surface area contributed by atoms with Gasteiger partial charge in [0.15, 0.2) is 17.8 Å². The molecular formula is C13H16ClN3O3. The average Bonchev–Trinajstić information content (AvgIpc) is 2.97. The Morgan fingerprint density at radius 3 is 2.80 bits per heavy atom. The Morgan fingerprint density at radius 1 is 1.30 bits per heavy atom. The molecule has 1 aromatic carbocycles. The highest BCUT2D eigenvalue weighted by Crippen LogP contribution is 2.37. The van der Waals surface area contributed by atoms with Gasteiger partial charge in [0.2, 0.25) is 5.89 Å². The number of halogens is 1. The predicted octanol–water partition coefficient (Wildman–Crippen LogP) is 2.07. The molecule has 0 aliphatic heterocycles. The van der Waals surface area contributed by atoms with Crippen LogP contribution in [0, 0.1) is 0 Å². The van der Waals surface area contributed by atoms with E-state index in [9.17, 15) is 0 Å². The quantitative estimate of drug-likeness (QED) is 0.789. The van der Waals surface area contributed by atoms with Crippen LogP contribution in [-0.4, -0.2) is 30.9 Å². The summed E-state index contributed by atoms with van der Waals surface area (Å²) in [6.45, 7) is 1.33. The third-order valence-electron chi connectivity index (χ3n) is 2.80. The van der Waals surface area contributed by atoms with Crippen LogP contribution in [-0.2, 0) is 13.0 Å². The molecule has 20 heavy (non-hydrogen) atoms. The maximum Gasteiger partial charge on any atom is 0.227 e. The van der Waals surface area contributed by atoms with E-state index in [-0.39, 0.29) is 0 Å². The van der Waals surface area contributed by atoms with Gasteiger partial charge in [-0.3, -0.25) is 0 Å². The largest absolute Gasteiger partial charge is 0.493 e. The predicted molar refractivity (Wildman–Crippen MR) is 74.3 cm³/mol. The molecule has 1 aromatic heterocycles. The van der Waals surface area contributed by atoms with Crippen molar-refractivity contribution in [2.24, 2.45) is 0 Å². The molecule has 0 radical (unpaired) electrons. The molecule has 6 nitrogen and oxygen atoms in total. The summed E-state index contributed by atoms with van der Waals surface area (Å²) < 4.78 is 15.4. The van der Waals surface area contributed by atoms with Gasteiger partial charge in [-0.25, -0.2) is 0 Å². The summed E-state index contributed by atoms with van der Waals surface area (Å²) in [5, 5.41) is 7.36. The SMILES string of the molecule is COc1ccc(CNCCc2ncno2)c(Cl)c1OC. The lowest BCUT2D eigenvalue weighted by atomic mass is 10.2. The number of nitrogens with one attached hydrogen (secondary N) is 1. The molecule has 0 saturated heterocycles. The highest BCUT2D eigenvalue weighted by molar-refractivity contribution is 6.33. The maximum absolute atomic E-state index is 6.29. The standard InChI is InChI=1S/C13H16ClN3O3/c1-18-10-4-3-9(12(14)13(10)19-2)7-15-6-5-11-16-8-17-20-11/h3-4,8,15H,5-7H2,1-2H3. The number of ether oxygens (including phenoxy) is 2. The van der Waals surface area contributed by atoms with E-state index >= 15 is 0 Å². The lowest BCUT2D eigenvalue weighted by Gasteiger charge is -2.13. The lowest BCUT2D eigenvalue weighted by molar-refractivity contribution is 0.354. The number of rotatable bonds is 7. The molecule has 0 amide bonds. The van der Waals surface area contributed by atoms with E-state index in [0.29, 0.717) is 41.9 Å². The second-order valence-electron chi connectivity index (χ2n) is 4.04. The summed E-state index contributed by atoms with van der Waals surface area (Å²) in [7, 11) is 3.15. The zero-order valence-corrected chi connectivity index (χ0v) is 12.1. The van der Waals surface area contributed by atoms with Gasteiger partial charge in [-0.15, -0.1) is 0 Å². The van der Waals surface area contributed by atoms with E-state index in [4.69, 9.17) is 25.6 Å². The first-order valence-electron chi connectivity index (χ1n) is 6.12. The summed E-state index contributed by atoms with van der Waals surface area (Å²) in [6, 6.07) is 3.74. The fourth-order valence-corrected chi connectivity index (χ4v) is 2.09. The van der Waals surface area contributed by atoms with Crippen molar-refractivity contribution in [3.8, 4) is 11.5 Å². The zero-order valence-electron chi connectivity index (χ0n) is 11.4. The molecule has 0 aliphatic carbocycles. The monoisotopic (exact) mass is 297 g/mol. The van der Waals surface area contributed by atoms with Crippen LogP contribution in [0.5, 0.6) is 11.5 Å². The van der Waals surface area contributed by atoms with Crippen LogP contribution in [0.25, 0.3) is 0 Å². The molecule has 2 rings (SSSR count). The first kappa shape index (κ1) is 14.6. The number of hydrogen-bond donors (Lipinski definition) is 1. The fraction of sp³-hybridized carbons (Fsp3) is 0.385. The number of benzene rings is 1. The topological polar surface area (TPSA) is 69.4 Å². The summed E-state index contributed by atoms with van der Waals surface area (Å²) in [4.78, 5) is 3.95. The molecular weight excluding hydrogens is 282 g/mol. The summed E-state index contributed by atoms with van der Waals surface area (Å²) in [5.41, 5.74) is 0.940. The molecule has 0 atom stereocenters. The van der Waals surface area contributed by atoms with Crippen molar-refractivity contribution in [1.29, 1.82) is 0 Å². The van der Waals surface area contributed by atoms with Crippen LogP contribution in [0.1, 0.15) is 11.5 Å². The third kappa shape index (κ3) is 3.40. The molecule has 0 unspecified atom stereocenters. The molecule has 2 aromatic rings. The van der Waals surface area contributed by atoms with E-state index in [1.165, 1.54) is 6.33 Å². The van der Waals surface area contributed by atoms with E-state index < -0.39 is 0 Å². The molecule has 1 heterocycles. The molecule has 7 heteroatoms. The number of aromatic nitrogens is 2. The van der Waals surface area contributed by atoms with Crippen molar-refractivity contribution in [2.45, 2.75) is 13.0 Å². The first-order valence-corrected chi connectivity index (χ1v) is 6.49. The minimum Gasteiger partial charge on any atom is -0.493 e. The molecule has 0 saturated carbocycles. The van der Waals surface area contributed by atoms with Gasteiger partial charge in [0.05, 0.1) is 19.2 Å². The van der Waals surface area contributed by atoms with E-state index in [1.54, 1.807) is 14.2 Å². The second kappa shape index (κ2) is 7.12. The molecule has 0 aliphatic rings. The van der Waals surface area contributed by atoms with Gasteiger partial charge in [-0.2, -0.15) is 4.98 Å². The van der Waals surface area contributed by atoms with Crippen LogP contribution < -0.4 is 14.8 Å². The van der Waals surface area contributed by atoms with Crippen molar-refractivity contribution in [3.05, 3.63) is 34.9 Å². The summed E-state index contributed by atoms with van der Waals surface area (Å²) in [5.74, 6) is 1.77. The van der Waals surface area contributed by atoms with Crippen LogP contribution in [0.4, 0.5) is 0 Å². The lowest BCUT2D eigenvalue weighted by Crippen LogP contribution is -2.17. The Hall–Kier alpha value is -1.79. The van der Waals surface area contributed by atoms with Crippen molar-refractivity contribution >= 4 is 11.6 Å². The molecule has 0 spiro atoms. The molecule has 1 N–H and O–H groups in total. The summed E-state index contributed by atoms with van der Waals surface area (Å²) >= 11 is 6.29. The van der Waals surface area contributed by atoms with Gasteiger partial charge in [0.1, 0.15) is 0 Å². The van der Waals surface area contributed by atoms with Crippen LogP contribution in [0.2, 0.25) is 5.02 Å². The van der Waals surface area contributed by atoms with Crippen molar-refractivity contribution < 1.29 is 14.0 Å². The Morgan fingerprint density at radius 2 is 2.15 bits per heavy atom. The smallest absolute Gasteiger partial charge is 0.227 e. The molecule has 0 bridgehead atoms. The zero-order chi connectivity index (χ0) is 14.4. The number of methoxy groups -OCH3 is 2. The first-order chi connectivity index (χ1) is 9.76. The molecule has 0 fully saturated rings. The normalized spacial score (nSPS) is 10.6. The van der Waals surface area contributed by atoms with Gasteiger partial charge in [-0.1, -0.05) is 22.8 Å². The fourth-order valence-electron chi connectivity index (χ4n) is 1.79. The van der Waals surface area contributed by atoms with Crippen LogP contribution in [0.3, 0.4) is 0 Å². The van der Waals surface area contributed by atoms with E-state index in [1.807, 2.05) is 12.1 Å². The maximum atomic E-state index is 6.29. The molecule has 108 valence electrons. The van der Waals surface area contributed by atoms with Crippen molar-refractivity contribution in [3.63, 3.8) is 0 Å². The Labute approximate surface area is 122 Å². The van der Waals surface area contributed by atoms with Crippen LogP contribution in [0.15, 0.2) is 23.0 Å². The number of nitrogens with zero attached hydrogens (tertiary/aromatic N) is 2.